The molecule has 6 nitrogen and oxygen atoms in total. The molecule has 0 bridgehead atoms. The number of imidazole rings is 1. The predicted octanol–water partition coefficient (Wildman–Crippen LogP) is 2.14. The molecule has 0 radical (unpaired) electrons. The zero-order valence-electron chi connectivity index (χ0n) is 13.8. The molecule has 0 aliphatic heterocycles. The van der Waals surface area contributed by atoms with Crippen LogP contribution in [0.5, 0.6) is 0 Å². The number of nitrogens with zero attached hydrogens (tertiary/aromatic N) is 3. The average molecular weight is 312 g/mol. The third kappa shape index (κ3) is 2.84. The minimum absolute atomic E-state index is 0.0112. The van der Waals surface area contributed by atoms with Crippen molar-refractivity contribution in [3.8, 4) is 11.3 Å². The monoisotopic (exact) mass is 312 g/mol. The van der Waals surface area contributed by atoms with Gasteiger partial charge in [-0.3, -0.25) is 13.9 Å². The van der Waals surface area contributed by atoms with Crippen LogP contribution in [-0.2, 0) is 13.6 Å². The van der Waals surface area contributed by atoms with E-state index in [0.29, 0.717) is 12.2 Å². The highest BCUT2D eigenvalue weighted by Crippen LogP contribution is 2.24. The van der Waals surface area contributed by atoms with E-state index in [1.807, 2.05) is 18.2 Å². The Morgan fingerprint density at radius 2 is 1.91 bits per heavy atom. The predicted molar refractivity (Wildman–Crippen MR) is 90.5 cm³/mol. The first kappa shape index (κ1) is 15.3. The first-order chi connectivity index (χ1) is 10.8. The third-order valence-corrected chi connectivity index (χ3v) is 3.75. The fourth-order valence-electron chi connectivity index (χ4n) is 2.69. The Kier molecular flexibility index (Phi) is 3.47. The maximum Gasteiger partial charge on any atom is 0.328 e. The molecular weight excluding hydrogens is 292 g/mol. The topological polar surface area (TPSA) is 72.7 Å². The number of nitrogens with one attached hydrogen (secondary N) is 1. The quantitative estimate of drug-likeness (QED) is 0.788. The summed E-state index contributed by atoms with van der Waals surface area (Å²) in [7, 11) is 1.77. The summed E-state index contributed by atoms with van der Waals surface area (Å²) in [5, 5.41) is 0. The van der Waals surface area contributed by atoms with Crippen molar-refractivity contribution in [2.24, 2.45) is 12.5 Å². The van der Waals surface area contributed by atoms with E-state index in [4.69, 9.17) is 0 Å². The molecule has 120 valence electrons. The molecule has 0 atom stereocenters. The first-order valence-corrected chi connectivity index (χ1v) is 7.51. The SMILES string of the molecule is Cn1c(=O)n(CC(C)(C)C)c2ccc(-c3c[nH]c(=O)cn3)cc21. The maximum atomic E-state index is 12.5. The molecule has 6 heteroatoms. The Hall–Kier alpha value is -2.63. The van der Waals surface area contributed by atoms with Gasteiger partial charge in [0.05, 0.1) is 22.9 Å². The maximum absolute atomic E-state index is 12.5. The van der Waals surface area contributed by atoms with Crippen molar-refractivity contribution in [2.45, 2.75) is 27.3 Å². The summed E-state index contributed by atoms with van der Waals surface area (Å²) in [4.78, 5) is 30.4. The third-order valence-electron chi connectivity index (χ3n) is 3.75. The fraction of sp³-hybridized carbons (Fsp3) is 0.353. The summed E-state index contributed by atoms with van der Waals surface area (Å²) in [6, 6.07) is 5.78. The Bertz CT molecular complexity index is 966. The molecule has 3 rings (SSSR count). The Morgan fingerprint density at radius 1 is 1.17 bits per heavy atom. The van der Waals surface area contributed by atoms with Gasteiger partial charge in [0.25, 0.3) is 5.56 Å². The molecule has 0 saturated heterocycles. The van der Waals surface area contributed by atoms with E-state index >= 15 is 0 Å². The number of hydrogen-bond acceptors (Lipinski definition) is 3. The van der Waals surface area contributed by atoms with Crippen molar-refractivity contribution in [1.29, 1.82) is 0 Å². The number of hydrogen-bond donors (Lipinski definition) is 1. The molecule has 0 aliphatic rings. The second-order valence-electron chi connectivity index (χ2n) is 6.99. The van der Waals surface area contributed by atoms with Crippen LogP contribution >= 0.6 is 0 Å². The smallest absolute Gasteiger partial charge is 0.326 e. The Labute approximate surface area is 133 Å². The molecule has 0 spiro atoms. The van der Waals surface area contributed by atoms with Crippen LogP contribution < -0.4 is 11.2 Å². The summed E-state index contributed by atoms with van der Waals surface area (Å²) in [5.41, 5.74) is 3.03. The van der Waals surface area contributed by atoms with Gasteiger partial charge in [0.15, 0.2) is 0 Å². The lowest BCUT2D eigenvalue weighted by molar-refractivity contribution is 0.342. The lowest BCUT2D eigenvalue weighted by Crippen LogP contribution is -2.27. The van der Waals surface area contributed by atoms with E-state index in [9.17, 15) is 9.59 Å². The van der Waals surface area contributed by atoms with Gasteiger partial charge >= 0.3 is 5.69 Å². The fourth-order valence-corrected chi connectivity index (χ4v) is 2.69. The highest BCUT2D eigenvalue weighted by atomic mass is 16.1. The van der Waals surface area contributed by atoms with Gasteiger partial charge in [0.2, 0.25) is 0 Å². The van der Waals surface area contributed by atoms with Crippen LogP contribution in [0.4, 0.5) is 0 Å². The largest absolute Gasteiger partial charge is 0.328 e. The molecule has 23 heavy (non-hydrogen) atoms. The number of aromatic amines is 1. The summed E-state index contributed by atoms with van der Waals surface area (Å²) in [5.74, 6) is 0. The van der Waals surface area contributed by atoms with Crippen molar-refractivity contribution in [2.75, 3.05) is 0 Å². The van der Waals surface area contributed by atoms with E-state index in [1.165, 1.54) is 6.20 Å². The molecule has 0 amide bonds. The van der Waals surface area contributed by atoms with Gasteiger partial charge in [0, 0.05) is 25.4 Å². The molecule has 0 fully saturated rings. The highest BCUT2D eigenvalue weighted by molar-refractivity contribution is 5.81. The zero-order valence-corrected chi connectivity index (χ0v) is 13.8. The number of fused-ring (bicyclic) bond motifs is 1. The molecule has 1 N–H and O–H groups in total. The summed E-state index contributed by atoms with van der Waals surface area (Å²) >= 11 is 0. The number of rotatable bonds is 2. The number of benzene rings is 1. The van der Waals surface area contributed by atoms with E-state index in [1.54, 1.807) is 22.4 Å². The van der Waals surface area contributed by atoms with Gasteiger partial charge < -0.3 is 4.98 Å². The van der Waals surface area contributed by atoms with E-state index in [-0.39, 0.29) is 16.7 Å². The van der Waals surface area contributed by atoms with Crippen LogP contribution in [0.15, 0.2) is 40.2 Å². The minimum Gasteiger partial charge on any atom is -0.326 e. The number of aryl methyl sites for hydroxylation is 1. The summed E-state index contributed by atoms with van der Waals surface area (Å²) < 4.78 is 3.45. The van der Waals surface area contributed by atoms with Crippen molar-refractivity contribution >= 4 is 11.0 Å². The van der Waals surface area contributed by atoms with Gasteiger partial charge in [0.1, 0.15) is 0 Å². The van der Waals surface area contributed by atoms with E-state index in [2.05, 4.69) is 30.7 Å². The summed E-state index contributed by atoms with van der Waals surface area (Å²) in [6.07, 6.45) is 2.83. The lowest BCUT2D eigenvalue weighted by Gasteiger charge is -2.18. The van der Waals surface area contributed by atoms with Gasteiger partial charge in [-0.05, 0) is 17.5 Å². The first-order valence-electron chi connectivity index (χ1n) is 7.51. The van der Waals surface area contributed by atoms with Crippen LogP contribution in [0, 0.1) is 5.41 Å². The van der Waals surface area contributed by atoms with Crippen LogP contribution in [0.2, 0.25) is 0 Å². The molecule has 2 heterocycles. The van der Waals surface area contributed by atoms with Crippen LogP contribution in [0.25, 0.3) is 22.3 Å². The molecule has 0 unspecified atom stereocenters. The number of aromatic nitrogens is 4. The number of H-pyrrole nitrogens is 1. The van der Waals surface area contributed by atoms with E-state index in [0.717, 1.165) is 16.6 Å². The molecule has 1 aromatic carbocycles. The van der Waals surface area contributed by atoms with Crippen molar-refractivity contribution in [3.63, 3.8) is 0 Å². The molecule has 0 aliphatic carbocycles. The molecular formula is C17H20N4O2. The van der Waals surface area contributed by atoms with Crippen molar-refractivity contribution in [1.82, 2.24) is 19.1 Å². The highest BCUT2D eigenvalue weighted by Gasteiger charge is 2.18. The van der Waals surface area contributed by atoms with Crippen LogP contribution in [0.3, 0.4) is 0 Å². The molecule has 2 aromatic heterocycles. The van der Waals surface area contributed by atoms with Crippen molar-refractivity contribution in [3.05, 3.63) is 51.4 Å². The van der Waals surface area contributed by atoms with Crippen LogP contribution in [0.1, 0.15) is 20.8 Å². The minimum atomic E-state index is -0.237. The molecule has 0 saturated carbocycles. The second kappa shape index (κ2) is 5.22. The van der Waals surface area contributed by atoms with Gasteiger partial charge in [-0.2, -0.15) is 0 Å². The Balaban J connectivity index is 2.18. The van der Waals surface area contributed by atoms with Gasteiger partial charge in [-0.25, -0.2) is 9.78 Å². The van der Waals surface area contributed by atoms with Crippen LogP contribution in [-0.4, -0.2) is 19.1 Å². The Morgan fingerprint density at radius 3 is 2.52 bits per heavy atom. The zero-order chi connectivity index (χ0) is 16.8. The molecule has 3 aromatic rings. The lowest BCUT2D eigenvalue weighted by atomic mass is 9.97. The average Bonchev–Trinajstić information content (AvgIpc) is 2.71. The summed E-state index contributed by atoms with van der Waals surface area (Å²) in [6.45, 7) is 6.98. The van der Waals surface area contributed by atoms with Gasteiger partial charge in [-0.15, -0.1) is 0 Å². The van der Waals surface area contributed by atoms with E-state index < -0.39 is 0 Å². The van der Waals surface area contributed by atoms with Gasteiger partial charge in [-0.1, -0.05) is 26.8 Å². The second-order valence-corrected chi connectivity index (χ2v) is 6.99. The van der Waals surface area contributed by atoms with Crippen molar-refractivity contribution < 1.29 is 0 Å². The standard InChI is InChI=1S/C17H20N4O2/c1-17(2,3)10-21-13-6-5-11(7-14(13)20(4)16(21)23)12-8-19-15(22)9-18-12/h5-9H,10H2,1-4H3,(H,19,22). The normalized spacial score (nSPS) is 12.0.